The van der Waals surface area contributed by atoms with Gasteiger partial charge in [-0.3, -0.25) is 4.79 Å². The van der Waals surface area contributed by atoms with Crippen molar-refractivity contribution in [2.75, 3.05) is 6.54 Å². The molecule has 0 fully saturated rings. The second-order valence-corrected chi connectivity index (χ2v) is 7.18. The summed E-state index contributed by atoms with van der Waals surface area (Å²) in [6.45, 7) is 5.02. The molecule has 126 valence electrons. The van der Waals surface area contributed by atoms with Crippen LogP contribution in [-0.4, -0.2) is 22.0 Å². The van der Waals surface area contributed by atoms with Gasteiger partial charge in [0.2, 0.25) is 5.91 Å². The van der Waals surface area contributed by atoms with Gasteiger partial charge in [0.15, 0.2) is 0 Å². The number of nitrogens with one attached hydrogen (secondary N) is 1. The van der Waals surface area contributed by atoms with E-state index in [1.165, 1.54) is 16.5 Å². The SMILES string of the molecule is CC(C)n1cc(CCC(=O)NCCc2nccs2)c2ccccc21. The lowest BCUT2D eigenvalue weighted by molar-refractivity contribution is -0.121. The molecule has 3 rings (SSSR count). The average molecular weight is 341 g/mol. The lowest BCUT2D eigenvalue weighted by Crippen LogP contribution is -2.25. The lowest BCUT2D eigenvalue weighted by atomic mass is 10.1. The second-order valence-electron chi connectivity index (χ2n) is 6.20. The first-order valence-electron chi connectivity index (χ1n) is 8.38. The van der Waals surface area contributed by atoms with Gasteiger partial charge in [0.25, 0.3) is 0 Å². The molecule has 0 aliphatic heterocycles. The standard InChI is InChI=1S/C19H23N3OS/c1-14(2)22-13-15(16-5-3-4-6-17(16)22)7-8-18(23)20-10-9-19-21-11-12-24-19/h3-6,11-14H,7-10H2,1-2H3,(H,20,23). The molecule has 4 nitrogen and oxygen atoms in total. The summed E-state index contributed by atoms with van der Waals surface area (Å²) >= 11 is 1.63. The Hall–Kier alpha value is -2.14. The minimum absolute atomic E-state index is 0.105. The normalized spacial score (nSPS) is 11.3. The fourth-order valence-electron chi connectivity index (χ4n) is 2.93. The first-order chi connectivity index (χ1) is 11.6. The average Bonchev–Trinajstić information content (AvgIpc) is 3.20. The van der Waals surface area contributed by atoms with Crippen LogP contribution in [0.3, 0.4) is 0 Å². The van der Waals surface area contributed by atoms with Crippen LogP contribution in [0.2, 0.25) is 0 Å². The predicted octanol–water partition coefficient (Wildman–Crippen LogP) is 3.97. The Morgan fingerprint density at radius 3 is 2.88 bits per heavy atom. The molecule has 0 atom stereocenters. The number of para-hydroxylation sites is 1. The van der Waals surface area contributed by atoms with Gasteiger partial charge >= 0.3 is 0 Å². The van der Waals surface area contributed by atoms with E-state index in [0.29, 0.717) is 19.0 Å². The molecule has 1 amide bonds. The highest BCUT2D eigenvalue weighted by Gasteiger charge is 2.11. The van der Waals surface area contributed by atoms with Crippen molar-refractivity contribution in [3.05, 3.63) is 52.6 Å². The molecule has 0 spiro atoms. The Morgan fingerprint density at radius 2 is 2.12 bits per heavy atom. The summed E-state index contributed by atoms with van der Waals surface area (Å²) in [6.07, 6.45) is 6.08. The van der Waals surface area contributed by atoms with Gasteiger partial charge in [-0.05, 0) is 31.9 Å². The van der Waals surface area contributed by atoms with Crippen molar-refractivity contribution < 1.29 is 4.79 Å². The zero-order valence-electron chi connectivity index (χ0n) is 14.2. The van der Waals surface area contributed by atoms with Crippen molar-refractivity contribution in [3.8, 4) is 0 Å². The number of aromatic nitrogens is 2. The fourth-order valence-corrected chi connectivity index (χ4v) is 3.55. The van der Waals surface area contributed by atoms with E-state index in [1.54, 1.807) is 17.5 Å². The van der Waals surface area contributed by atoms with E-state index in [2.05, 4.69) is 59.2 Å². The van der Waals surface area contributed by atoms with Crippen molar-refractivity contribution in [1.82, 2.24) is 14.9 Å². The van der Waals surface area contributed by atoms with Gasteiger partial charge < -0.3 is 9.88 Å². The third-order valence-corrected chi connectivity index (χ3v) is 4.98. The van der Waals surface area contributed by atoms with E-state index in [0.717, 1.165) is 17.8 Å². The molecule has 0 aliphatic rings. The highest BCUT2D eigenvalue weighted by molar-refractivity contribution is 7.09. The van der Waals surface area contributed by atoms with E-state index in [-0.39, 0.29) is 5.91 Å². The van der Waals surface area contributed by atoms with Crippen LogP contribution in [0.1, 0.15) is 36.9 Å². The van der Waals surface area contributed by atoms with Crippen LogP contribution in [0.5, 0.6) is 0 Å². The predicted molar refractivity (Wildman–Crippen MR) is 99.5 cm³/mol. The molecular formula is C19H23N3OS. The van der Waals surface area contributed by atoms with Gasteiger partial charge in [-0.15, -0.1) is 11.3 Å². The van der Waals surface area contributed by atoms with Crippen molar-refractivity contribution in [2.45, 2.75) is 39.2 Å². The number of rotatable bonds is 7. The van der Waals surface area contributed by atoms with E-state index in [1.807, 2.05) is 5.38 Å². The highest BCUT2D eigenvalue weighted by atomic mass is 32.1. The van der Waals surface area contributed by atoms with Crippen molar-refractivity contribution >= 4 is 28.1 Å². The topological polar surface area (TPSA) is 46.9 Å². The van der Waals surface area contributed by atoms with Crippen LogP contribution < -0.4 is 5.32 Å². The lowest BCUT2D eigenvalue weighted by Gasteiger charge is -2.08. The molecule has 0 saturated carbocycles. The Morgan fingerprint density at radius 1 is 1.29 bits per heavy atom. The number of benzene rings is 1. The number of hydrogen-bond donors (Lipinski definition) is 1. The summed E-state index contributed by atoms with van der Waals surface area (Å²) in [5.74, 6) is 0.105. The van der Waals surface area contributed by atoms with Crippen molar-refractivity contribution in [2.24, 2.45) is 0 Å². The largest absolute Gasteiger partial charge is 0.356 e. The van der Waals surface area contributed by atoms with Crippen LogP contribution >= 0.6 is 11.3 Å². The summed E-state index contributed by atoms with van der Waals surface area (Å²) in [4.78, 5) is 16.3. The Balaban J connectivity index is 1.58. The van der Waals surface area contributed by atoms with Gasteiger partial charge in [-0.1, -0.05) is 18.2 Å². The molecule has 2 aromatic heterocycles. The number of carbonyl (C=O) groups excluding carboxylic acids is 1. The first kappa shape index (κ1) is 16.7. The van der Waals surface area contributed by atoms with Crippen LogP contribution in [-0.2, 0) is 17.6 Å². The minimum atomic E-state index is 0.105. The Bertz CT molecular complexity index is 805. The van der Waals surface area contributed by atoms with E-state index in [9.17, 15) is 4.79 Å². The van der Waals surface area contributed by atoms with Crippen LogP contribution in [0.25, 0.3) is 10.9 Å². The van der Waals surface area contributed by atoms with Crippen LogP contribution in [0.15, 0.2) is 42.0 Å². The molecule has 0 unspecified atom stereocenters. The number of thiazole rings is 1. The van der Waals surface area contributed by atoms with Crippen LogP contribution in [0, 0.1) is 0 Å². The maximum atomic E-state index is 12.1. The molecule has 3 aromatic rings. The third-order valence-electron chi connectivity index (χ3n) is 4.15. The maximum Gasteiger partial charge on any atom is 0.220 e. The van der Waals surface area contributed by atoms with Crippen LogP contribution in [0.4, 0.5) is 0 Å². The molecule has 0 aliphatic carbocycles. The molecule has 0 saturated heterocycles. The fraction of sp³-hybridized carbons (Fsp3) is 0.368. The smallest absolute Gasteiger partial charge is 0.220 e. The summed E-state index contributed by atoms with van der Waals surface area (Å²) in [5.41, 5.74) is 2.49. The third kappa shape index (κ3) is 3.85. The molecule has 0 bridgehead atoms. The molecule has 1 N–H and O–H groups in total. The minimum Gasteiger partial charge on any atom is -0.356 e. The Labute approximate surface area is 146 Å². The number of hydrogen-bond acceptors (Lipinski definition) is 3. The number of aryl methyl sites for hydroxylation is 1. The zero-order valence-corrected chi connectivity index (χ0v) is 15.0. The van der Waals surface area contributed by atoms with Crippen molar-refractivity contribution in [3.63, 3.8) is 0 Å². The molecule has 1 aromatic carbocycles. The summed E-state index contributed by atoms with van der Waals surface area (Å²) in [7, 11) is 0. The Kier molecular flexibility index (Phi) is 5.30. The molecular weight excluding hydrogens is 318 g/mol. The van der Waals surface area contributed by atoms with E-state index >= 15 is 0 Å². The first-order valence-corrected chi connectivity index (χ1v) is 9.26. The van der Waals surface area contributed by atoms with Gasteiger partial charge in [0.1, 0.15) is 0 Å². The van der Waals surface area contributed by atoms with Gasteiger partial charge in [-0.2, -0.15) is 0 Å². The monoisotopic (exact) mass is 341 g/mol. The number of amides is 1. The molecule has 5 heteroatoms. The van der Waals surface area contributed by atoms with Gasteiger partial charge in [0, 0.05) is 54.1 Å². The van der Waals surface area contributed by atoms with E-state index < -0.39 is 0 Å². The number of nitrogens with zero attached hydrogens (tertiary/aromatic N) is 2. The summed E-state index contributed by atoms with van der Waals surface area (Å²) in [5, 5.41) is 7.27. The zero-order chi connectivity index (χ0) is 16.9. The highest BCUT2D eigenvalue weighted by Crippen LogP contribution is 2.25. The van der Waals surface area contributed by atoms with E-state index in [4.69, 9.17) is 0 Å². The summed E-state index contributed by atoms with van der Waals surface area (Å²) in [6, 6.07) is 8.83. The number of carbonyl (C=O) groups is 1. The molecule has 24 heavy (non-hydrogen) atoms. The van der Waals surface area contributed by atoms with Gasteiger partial charge in [-0.25, -0.2) is 4.98 Å². The maximum absolute atomic E-state index is 12.1. The molecule has 2 heterocycles. The van der Waals surface area contributed by atoms with Gasteiger partial charge in [0.05, 0.1) is 5.01 Å². The number of fused-ring (bicyclic) bond motifs is 1. The quantitative estimate of drug-likeness (QED) is 0.707. The molecule has 0 radical (unpaired) electrons. The summed E-state index contributed by atoms with van der Waals surface area (Å²) < 4.78 is 2.28. The second kappa shape index (κ2) is 7.62. The van der Waals surface area contributed by atoms with Crippen molar-refractivity contribution in [1.29, 1.82) is 0 Å².